The Balaban J connectivity index is 1.52. The molecule has 1 aromatic carbocycles. The van der Waals surface area contributed by atoms with Gasteiger partial charge in [0.2, 0.25) is 8.32 Å². The van der Waals surface area contributed by atoms with Crippen molar-refractivity contribution >= 4 is 8.32 Å². The Hall–Kier alpha value is -1.86. The zero-order chi connectivity index (χ0) is 26.6. The molecule has 0 amide bonds. The van der Waals surface area contributed by atoms with Crippen molar-refractivity contribution in [2.45, 2.75) is 76.0 Å². The van der Waals surface area contributed by atoms with Crippen molar-refractivity contribution < 1.29 is 23.7 Å². The van der Waals surface area contributed by atoms with E-state index >= 15 is 0 Å². The summed E-state index contributed by atoms with van der Waals surface area (Å²) in [5.74, 6) is 1.46. The first-order chi connectivity index (χ1) is 18.1. The van der Waals surface area contributed by atoms with Gasteiger partial charge in [-0.15, -0.1) is 0 Å². The highest BCUT2D eigenvalue weighted by Crippen LogP contribution is 2.81. The lowest BCUT2D eigenvalue weighted by atomic mass is 9.51. The molecule has 204 valence electrons. The van der Waals surface area contributed by atoms with Gasteiger partial charge in [0.25, 0.3) is 0 Å². The molecule has 5 nitrogen and oxygen atoms in total. The number of benzene rings is 1. The maximum absolute atomic E-state index is 11.7. The number of allylic oxidation sites excluding steroid dienone is 4. The lowest BCUT2D eigenvalue weighted by Crippen LogP contribution is -2.56. The second-order valence-corrected chi connectivity index (χ2v) is 18.1. The average Bonchev–Trinajstić information content (AvgIpc) is 3.53. The Morgan fingerprint density at radius 1 is 0.974 bits per heavy atom. The van der Waals surface area contributed by atoms with Crippen LogP contribution in [-0.4, -0.2) is 45.6 Å². The van der Waals surface area contributed by atoms with Crippen LogP contribution in [-0.2, 0) is 19.3 Å². The van der Waals surface area contributed by atoms with Crippen molar-refractivity contribution in [1.82, 2.24) is 0 Å². The summed E-state index contributed by atoms with van der Waals surface area (Å²) in [5.41, 5.74) is 2.44. The molecule has 0 aromatic heterocycles. The van der Waals surface area contributed by atoms with Gasteiger partial charge < -0.3 is 23.7 Å². The van der Waals surface area contributed by atoms with Crippen LogP contribution in [0.5, 0.6) is 5.75 Å². The molecule has 6 heteroatoms. The molecule has 0 radical (unpaired) electrons. The first-order valence-corrected chi connectivity index (χ1v) is 17.9. The van der Waals surface area contributed by atoms with Gasteiger partial charge in [0, 0.05) is 35.0 Å². The van der Waals surface area contributed by atoms with E-state index in [2.05, 4.69) is 63.0 Å². The van der Waals surface area contributed by atoms with Crippen molar-refractivity contribution in [3.63, 3.8) is 0 Å². The monoisotopic (exact) mass is 534 g/mol. The third-order valence-corrected chi connectivity index (χ3v) is 11.9. The summed E-state index contributed by atoms with van der Waals surface area (Å²) in [6.45, 7) is 10.6. The fraction of sp³-hybridized carbons (Fsp3) is 0.625. The lowest BCUT2D eigenvalue weighted by molar-refractivity contribution is -0.199. The molecule has 7 atom stereocenters. The van der Waals surface area contributed by atoms with Gasteiger partial charge in [0.1, 0.15) is 5.75 Å². The molecule has 1 saturated heterocycles. The summed E-state index contributed by atoms with van der Waals surface area (Å²) < 4.78 is 25.4. The number of hydrogen-bond acceptors (Lipinski definition) is 5. The highest BCUT2D eigenvalue weighted by molar-refractivity contribution is 6.70. The average molecular weight is 535 g/mol. The van der Waals surface area contributed by atoms with Gasteiger partial charge in [-0.25, -0.2) is 0 Å². The third kappa shape index (κ3) is 2.98. The number of hydrogen-bond donors (Lipinski definition) is 1. The van der Waals surface area contributed by atoms with E-state index in [0.717, 1.165) is 30.8 Å². The van der Waals surface area contributed by atoms with E-state index < -0.39 is 20.2 Å². The predicted molar refractivity (Wildman–Crippen MR) is 149 cm³/mol. The van der Waals surface area contributed by atoms with Crippen LogP contribution in [0, 0.1) is 28.6 Å². The lowest BCUT2D eigenvalue weighted by Gasteiger charge is -2.55. The van der Waals surface area contributed by atoms with Crippen molar-refractivity contribution in [3.05, 3.63) is 65.5 Å². The van der Waals surface area contributed by atoms with Crippen LogP contribution in [0.4, 0.5) is 0 Å². The fourth-order valence-corrected chi connectivity index (χ4v) is 10.7. The fourth-order valence-electron chi connectivity index (χ4n) is 9.77. The number of methoxy groups -OCH3 is 1. The first kappa shape index (κ1) is 25.1. The minimum absolute atomic E-state index is 0.00120. The van der Waals surface area contributed by atoms with Crippen LogP contribution in [0.1, 0.15) is 44.6 Å². The zero-order valence-corrected chi connectivity index (χ0v) is 24.5. The largest absolute Gasteiger partial charge is 0.547 e. The molecule has 2 saturated carbocycles. The third-order valence-electron chi connectivity index (χ3n) is 11.0. The normalized spacial score (nSPS) is 42.3. The molecule has 1 spiro atoms. The predicted octanol–water partition coefficient (Wildman–Crippen LogP) is 6.11. The molecule has 1 aliphatic heterocycles. The second-order valence-electron chi connectivity index (χ2n) is 13.6. The maximum Gasteiger partial charge on any atom is 0.241 e. The van der Waals surface area contributed by atoms with Crippen LogP contribution in [0.3, 0.4) is 0 Å². The summed E-state index contributed by atoms with van der Waals surface area (Å²) in [6, 6.07) is 8.76. The molecular formula is C32H42O5Si. The molecule has 2 bridgehead atoms. The van der Waals surface area contributed by atoms with Crippen molar-refractivity contribution in [3.8, 4) is 5.75 Å². The Bertz CT molecular complexity index is 1220. The van der Waals surface area contributed by atoms with Crippen LogP contribution in [0.2, 0.25) is 19.6 Å². The SMILES string of the molecule is COc1ccc([C@@]23C=C[C@]4(CCCC[C@]24C)[C@@H]2C3=C(O[Si](C)(C)C)C[C@@H]3[C@H]2[C@H](O)C=CC32OCCO2)cc1. The van der Waals surface area contributed by atoms with E-state index in [9.17, 15) is 5.11 Å². The van der Waals surface area contributed by atoms with Gasteiger partial charge in [-0.05, 0) is 67.2 Å². The van der Waals surface area contributed by atoms with E-state index in [1.165, 1.54) is 24.0 Å². The Morgan fingerprint density at radius 2 is 1.68 bits per heavy atom. The number of aliphatic hydroxyl groups is 1. The van der Waals surface area contributed by atoms with Gasteiger partial charge in [-0.3, -0.25) is 0 Å². The van der Waals surface area contributed by atoms with Crippen LogP contribution in [0.15, 0.2) is 59.9 Å². The van der Waals surface area contributed by atoms with E-state index in [-0.39, 0.29) is 34.0 Å². The van der Waals surface area contributed by atoms with E-state index in [1.807, 2.05) is 12.2 Å². The molecule has 0 unspecified atom stereocenters. The Morgan fingerprint density at radius 3 is 2.37 bits per heavy atom. The minimum Gasteiger partial charge on any atom is -0.547 e. The van der Waals surface area contributed by atoms with Gasteiger partial charge in [-0.2, -0.15) is 0 Å². The first-order valence-electron chi connectivity index (χ1n) is 14.5. The number of ether oxygens (including phenoxy) is 3. The highest BCUT2D eigenvalue weighted by Gasteiger charge is 2.78. The molecule has 3 fully saturated rings. The molecule has 1 aromatic rings. The molecule has 1 N–H and O–H groups in total. The second kappa shape index (κ2) is 8.09. The Kier molecular flexibility index (Phi) is 5.35. The Labute approximate surface area is 228 Å². The van der Waals surface area contributed by atoms with Gasteiger partial charge in [0.15, 0.2) is 5.79 Å². The standard InChI is InChI=1S/C32H42O5Si/c1-29-13-6-7-14-30(29)16-17-31(29,21-8-10-22(34-2)11-9-21)27-25(37-38(3,4)5)20-23-26(28(27)30)24(33)12-15-32(23)35-18-19-36-32/h8-12,15-17,23-24,26,28,33H,6-7,13-14,18-20H2,1-5H3/t23-,24-,26+,28+,29+,30-,31-/m1/s1. The zero-order valence-electron chi connectivity index (χ0n) is 23.5. The van der Waals surface area contributed by atoms with Gasteiger partial charge in [-0.1, -0.05) is 50.1 Å². The van der Waals surface area contributed by atoms with Gasteiger partial charge in [0.05, 0.1) is 32.2 Å². The molecule has 1 heterocycles. The smallest absolute Gasteiger partial charge is 0.241 e. The molecule has 7 rings (SSSR count). The van der Waals surface area contributed by atoms with E-state index in [4.69, 9.17) is 18.6 Å². The van der Waals surface area contributed by atoms with Crippen molar-refractivity contribution in [2.24, 2.45) is 28.6 Å². The van der Waals surface area contributed by atoms with E-state index in [0.29, 0.717) is 13.2 Å². The summed E-state index contributed by atoms with van der Waals surface area (Å²) in [7, 11) is -0.216. The highest BCUT2D eigenvalue weighted by atomic mass is 28.4. The van der Waals surface area contributed by atoms with Crippen molar-refractivity contribution in [1.29, 1.82) is 0 Å². The number of aliphatic hydroxyl groups excluding tert-OH is 1. The minimum atomic E-state index is -1.94. The number of fused-ring (bicyclic) bond motifs is 5. The molecular weight excluding hydrogens is 492 g/mol. The summed E-state index contributed by atoms with van der Waals surface area (Å²) >= 11 is 0. The van der Waals surface area contributed by atoms with E-state index in [1.54, 1.807) is 7.11 Å². The molecule has 38 heavy (non-hydrogen) atoms. The quantitative estimate of drug-likeness (QED) is 0.373. The summed E-state index contributed by atoms with van der Waals surface area (Å²) in [4.78, 5) is 0. The molecule has 6 aliphatic rings. The summed E-state index contributed by atoms with van der Waals surface area (Å²) in [6.07, 6.45) is 14.0. The van der Waals surface area contributed by atoms with Crippen LogP contribution < -0.4 is 4.74 Å². The van der Waals surface area contributed by atoms with Crippen LogP contribution in [0.25, 0.3) is 0 Å². The van der Waals surface area contributed by atoms with Crippen molar-refractivity contribution in [2.75, 3.05) is 20.3 Å². The topological polar surface area (TPSA) is 57.2 Å². The molecule has 5 aliphatic carbocycles. The summed E-state index contributed by atoms with van der Waals surface area (Å²) in [5, 5.41) is 11.7. The van der Waals surface area contributed by atoms with Crippen LogP contribution >= 0.6 is 0 Å². The maximum atomic E-state index is 11.7. The van der Waals surface area contributed by atoms with Gasteiger partial charge >= 0.3 is 0 Å². The number of rotatable bonds is 4.